The van der Waals surface area contributed by atoms with Crippen molar-refractivity contribution in [3.05, 3.63) is 57.5 Å². The van der Waals surface area contributed by atoms with Crippen molar-refractivity contribution in [2.24, 2.45) is 0 Å². The number of amides is 1. The zero-order chi connectivity index (χ0) is 19.9. The fourth-order valence-electron chi connectivity index (χ4n) is 3.30. The number of benzene rings is 1. The molecule has 0 aliphatic rings. The smallest absolute Gasteiger partial charge is 0.331 e. The van der Waals surface area contributed by atoms with Gasteiger partial charge in [-0.3, -0.25) is 14.9 Å². The molecule has 140 valence electrons. The van der Waals surface area contributed by atoms with Crippen LogP contribution in [0.1, 0.15) is 50.2 Å². The van der Waals surface area contributed by atoms with Crippen molar-refractivity contribution < 1.29 is 14.7 Å². The van der Waals surface area contributed by atoms with Crippen LogP contribution in [0.5, 0.6) is 0 Å². The van der Waals surface area contributed by atoms with Crippen LogP contribution in [-0.2, 0) is 4.79 Å². The Morgan fingerprint density at radius 1 is 1.15 bits per heavy atom. The Kier molecular flexibility index (Phi) is 4.70. The number of carboxylic acids is 1. The number of pyridine rings is 1. The summed E-state index contributed by atoms with van der Waals surface area (Å²) in [6.07, 6.45) is 0. The third kappa shape index (κ3) is 3.28. The monoisotopic (exact) mass is 366 g/mol. The Morgan fingerprint density at radius 3 is 2.44 bits per heavy atom. The second-order valence-corrected chi connectivity index (χ2v) is 6.81. The van der Waals surface area contributed by atoms with E-state index in [4.69, 9.17) is 0 Å². The fourth-order valence-corrected chi connectivity index (χ4v) is 3.30. The van der Waals surface area contributed by atoms with Gasteiger partial charge in [-0.1, -0.05) is 12.1 Å². The topological polar surface area (TPSA) is 108 Å². The zero-order valence-electron chi connectivity index (χ0n) is 16.0. The first-order chi connectivity index (χ1) is 12.7. The average Bonchev–Trinajstić information content (AvgIpc) is 2.94. The molecule has 0 saturated heterocycles. The number of carboxylic acid groups (broad SMARTS) is 1. The number of hydrogen-bond donors (Lipinski definition) is 3. The summed E-state index contributed by atoms with van der Waals surface area (Å²) in [5.41, 5.74) is 5.57. The van der Waals surface area contributed by atoms with E-state index in [1.807, 2.05) is 32.9 Å². The highest BCUT2D eigenvalue weighted by Crippen LogP contribution is 2.26. The molecule has 0 unspecified atom stereocenters. The molecule has 3 aromatic rings. The molecule has 1 atom stereocenters. The van der Waals surface area contributed by atoms with Gasteiger partial charge in [-0.2, -0.15) is 5.10 Å². The number of H-pyrrole nitrogens is 1. The summed E-state index contributed by atoms with van der Waals surface area (Å²) in [6, 6.07) is 4.28. The van der Waals surface area contributed by atoms with Crippen molar-refractivity contribution in [1.82, 2.24) is 20.5 Å². The highest BCUT2D eigenvalue weighted by Gasteiger charge is 2.28. The molecule has 1 aromatic carbocycles. The molecule has 0 aliphatic carbocycles. The van der Waals surface area contributed by atoms with Gasteiger partial charge in [0, 0.05) is 22.3 Å². The molecule has 27 heavy (non-hydrogen) atoms. The van der Waals surface area contributed by atoms with E-state index in [9.17, 15) is 14.7 Å². The summed E-state index contributed by atoms with van der Waals surface area (Å²) >= 11 is 0. The number of rotatable bonds is 4. The first kappa shape index (κ1) is 18.6. The first-order valence-corrected chi connectivity index (χ1v) is 8.63. The Morgan fingerprint density at radius 2 is 1.85 bits per heavy atom. The maximum absolute atomic E-state index is 13.0. The van der Waals surface area contributed by atoms with Crippen LogP contribution in [0.3, 0.4) is 0 Å². The van der Waals surface area contributed by atoms with Gasteiger partial charge in [0.2, 0.25) is 0 Å². The summed E-state index contributed by atoms with van der Waals surface area (Å²) < 4.78 is 0. The minimum atomic E-state index is -1.19. The molecule has 3 rings (SSSR count). The lowest BCUT2D eigenvalue weighted by molar-refractivity contribution is -0.139. The predicted molar refractivity (Wildman–Crippen MR) is 102 cm³/mol. The van der Waals surface area contributed by atoms with E-state index in [0.717, 1.165) is 16.6 Å². The van der Waals surface area contributed by atoms with E-state index >= 15 is 0 Å². The van der Waals surface area contributed by atoms with Crippen LogP contribution in [0.15, 0.2) is 18.2 Å². The second-order valence-electron chi connectivity index (χ2n) is 6.81. The summed E-state index contributed by atoms with van der Waals surface area (Å²) in [4.78, 5) is 29.4. The van der Waals surface area contributed by atoms with Crippen molar-refractivity contribution in [1.29, 1.82) is 0 Å². The SMILES string of the molecule is Cc1cc(C(=O)N[C@H](C(=O)O)c2c(C)n[nH]c2C)c2ccc(C)c(C)c2n1. The summed E-state index contributed by atoms with van der Waals surface area (Å²) in [7, 11) is 0. The minimum absolute atomic E-state index is 0.408. The molecule has 0 spiro atoms. The number of nitrogens with one attached hydrogen (secondary N) is 2. The van der Waals surface area contributed by atoms with Crippen LogP contribution in [0.2, 0.25) is 0 Å². The fraction of sp³-hybridized carbons (Fsp3) is 0.300. The number of aryl methyl sites for hydroxylation is 5. The minimum Gasteiger partial charge on any atom is -0.479 e. The van der Waals surface area contributed by atoms with Gasteiger partial charge in [-0.05, 0) is 51.8 Å². The third-order valence-electron chi connectivity index (χ3n) is 4.87. The van der Waals surface area contributed by atoms with Crippen LogP contribution in [0.4, 0.5) is 0 Å². The number of aromatic nitrogens is 3. The van der Waals surface area contributed by atoms with Crippen LogP contribution in [0.25, 0.3) is 10.9 Å². The van der Waals surface area contributed by atoms with Gasteiger partial charge < -0.3 is 10.4 Å². The summed E-state index contributed by atoms with van der Waals surface area (Å²) in [6.45, 7) is 9.21. The zero-order valence-corrected chi connectivity index (χ0v) is 16.0. The van der Waals surface area contributed by atoms with E-state index in [-0.39, 0.29) is 0 Å². The predicted octanol–water partition coefficient (Wildman–Crippen LogP) is 3.06. The van der Waals surface area contributed by atoms with E-state index in [2.05, 4.69) is 20.5 Å². The van der Waals surface area contributed by atoms with Gasteiger partial charge >= 0.3 is 5.97 Å². The van der Waals surface area contributed by atoms with Crippen LogP contribution >= 0.6 is 0 Å². The van der Waals surface area contributed by atoms with Crippen molar-refractivity contribution in [2.45, 2.75) is 40.7 Å². The van der Waals surface area contributed by atoms with Gasteiger partial charge in [-0.25, -0.2) is 4.79 Å². The molecular formula is C20H22N4O3. The summed E-state index contributed by atoms with van der Waals surface area (Å²) in [5.74, 6) is -1.60. The molecular weight excluding hydrogens is 344 g/mol. The van der Waals surface area contributed by atoms with E-state index in [0.29, 0.717) is 33.6 Å². The lowest BCUT2D eigenvalue weighted by atomic mass is 9.99. The number of aromatic amines is 1. The molecule has 0 aliphatic heterocycles. The summed E-state index contributed by atoms with van der Waals surface area (Å²) in [5, 5.41) is 19.8. The number of fused-ring (bicyclic) bond motifs is 1. The van der Waals surface area contributed by atoms with Gasteiger partial charge in [0.05, 0.1) is 16.8 Å². The second kappa shape index (κ2) is 6.83. The van der Waals surface area contributed by atoms with Crippen molar-refractivity contribution in [3.63, 3.8) is 0 Å². The molecule has 0 fully saturated rings. The van der Waals surface area contributed by atoms with Crippen LogP contribution in [0, 0.1) is 34.6 Å². The highest BCUT2D eigenvalue weighted by molar-refractivity contribution is 6.08. The van der Waals surface area contributed by atoms with Gasteiger partial charge in [0.25, 0.3) is 5.91 Å². The number of carbonyl (C=O) groups excluding carboxylic acids is 1. The Balaban J connectivity index is 2.08. The maximum atomic E-state index is 13.0. The maximum Gasteiger partial charge on any atom is 0.331 e. The quantitative estimate of drug-likeness (QED) is 0.658. The molecule has 2 heterocycles. The molecule has 7 heteroatoms. The van der Waals surface area contributed by atoms with E-state index in [1.165, 1.54) is 0 Å². The third-order valence-corrected chi connectivity index (χ3v) is 4.87. The van der Waals surface area contributed by atoms with Gasteiger partial charge in [0.1, 0.15) is 0 Å². The van der Waals surface area contributed by atoms with Crippen molar-refractivity contribution in [2.75, 3.05) is 0 Å². The Labute approximate surface area is 156 Å². The van der Waals surface area contributed by atoms with Gasteiger partial charge in [0.15, 0.2) is 6.04 Å². The lowest BCUT2D eigenvalue weighted by Crippen LogP contribution is -2.34. The molecule has 2 aromatic heterocycles. The van der Waals surface area contributed by atoms with E-state index < -0.39 is 17.9 Å². The van der Waals surface area contributed by atoms with Crippen LogP contribution in [-0.4, -0.2) is 32.2 Å². The Bertz CT molecular complexity index is 1050. The number of hydrogen-bond acceptors (Lipinski definition) is 4. The number of carbonyl (C=O) groups is 2. The number of aliphatic carboxylic acids is 1. The van der Waals surface area contributed by atoms with Crippen molar-refractivity contribution in [3.8, 4) is 0 Å². The molecule has 7 nitrogen and oxygen atoms in total. The molecule has 0 saturated carbocycles. The van der Waals surface area contributed by atoms with E-state index in [1.54, 1.807) is 19.9 Å². The largest absolute Gasteiger partial charge is 0.479 e. The normalized spacial score (nSPS) is 12.2. The molecule has 0 bridgehead atoms. The standard InChI is InChI=1S/C20H22N4O3/c1-9-6-7-14-15(8-10(2)21-17(14)11(9)3)19(25)22-18(20(26)27)16-12(4)23-24-13(16)5/h6-8,18H,1-5H3,(H,22,25)(H,23,24)(H,26,27)/t18-/m0/s1. The van der Waals surface area contributed by atoms with Crippen LogP contribution < -0.4 is 5.32 Å². The highest BCUT2D eigenvalue weighted by atomic mass is 16.4. The Hall–Kier alpha value is -3.22. The van der Waals surface area contributed by atoms with Gasteiger partial charge in [-0.15, -0.1) is 0 Å². The molecule has 0 radical (unpaired) electrons. The lowest BCUT2D eigenvalue weighted by Gasteiger charge is -2.17. The first-order valence-electron chi connectivity index (χ1n) is 8.63. The number of nitrogens with zero attached hydrogens (tertiary/aromatic N) is 2. The molecule has 3 N–H and O–H groups in total. The average molecular weight is 366 g/mol. The van der Waals surface area contributed by atoms with Crippen molar-refractivity contribution >= 4 is 22.8 Å². The molecule has 1 amide bonds.